The van der Waals surface area contributed by atoms with Crippen molar-refractivity contribution < 1.29 is 24.0 Å². The van der Waals surface area contributed by atoms with Gasteiger partial charge in [0.2, 0.25) is 18.2 Å². The van der Waals surface area contributed by atoms with Crippen LogP contribution in [0.25, 0.3) is 0 Å². The van der Waals surface area contributed by atoms with E-state index in [-0.39, 0.29) is 12.3 Å². The van der Waals surface area contributed by atoms with Crippen LogP contribution in [-0.4, -0.2) is 120 Å². The molecule has 4 heterocycles. The number of anilines is 4. The SMILES string of the molecule is C=O.CC.CN1CCC[C@@H]1CCCCCC=O.CNc1cc(N2CCN(c3cccc(C4CCN(C)C4)c3)CC2)ccc1N(C=O)C1CCC(=O)NC1=O. The molecule has 12 nitrogen and oxygen atoms in total. The Bertz CT molecular complexity index is 1470. The van der Waals surface area contributed by atoms with Crippen LogP contribution in [0, 0.1) is 0 Å². The van der Waals surface area contributed by atoms with Crippen LogP contribution in [0.4, 0.5) is 22.7 Å². The number of aldehydes is 1. The molecule has 6 rings (SSSR count). The van der Waals surface area contributed by atoms with Crippen molar-refractivity contribution in [3.05, 3.63) is 48.0 Å². The first-order chi connectivity index (χ1) is 26.3. The Labute approximate surface area is 323 Å². The molecule has 2 N–H and O–H groups in total. The van der Waals surface area contributed by atoms with Gasteiger partial charge in [0.05, 0.1) is 11.4 Å². The molecule has 4 aliphatic rings. The lowest BCUT2D eigenvalue weighted by atomic mass is 9.97. The monoisotopic (exact) mass is 748 g/mol. The van der Waals surface area contributed by atoms with Gasteiger partial charge in [0.25, 0.3) is 0 Å². The van der Waals surface area contributed by atoms with Crippen LogP contribution in [0.3, 0.4) is 0 Å². The predicted octanol–water partition coefficient (Wildman–Crippen LogP) is 5.31. The van der Waals surface area contributed by atoms with Crippen LogP contribution in [0.15, 0.2) is 42.5 Å². The summed E-state index contributed by atoms with van der Waals surface area (Å²) in [5, 5.41) is 5.52. The average Bonchev–Trinajstić information content (AvgIpc) is 3.85. The standard InChI is InChI=1S/C28H36N6O3.C11H21NO.C2H6.CH2O/c1-29-24-17-23(6-7-25(24)34(19-35)26-8-9-27(36)30-28(26)37)33-14-12-32(13-15-33)22-5-3-4-20(16-22)21-10-11-31(2)18-21;1-12-9-6-8-11(12)7-4-2-3-5-10-13;2*1-2/h3-7,16-17,19,21,26,29H,8-15,18H2,1-2H3,(H,30,36,37);10-11H,2-9H2,1H3;1-2H3;1H2/t;11-;;/m.0../s1. The van der Waals surface area contributed by atoms with Crippen molar-refractivity contribution in [2.75, 3.05) is 87.0 Å². The second-order valence-electron chi connectivity index (χ2n) is 14.3. The van der Waals surface area contributed by atoms with E-state index >= 15 is 0 Å². The normalized spacial score (nSPS) is 21.4. The Morgan fingerprint density at radius 2 is 1.57 bits per heavy atom. The van der Waals surface area contributed by atoms with Crippen molar-refractivity contribution in [1.29, 1.82) is 0 Å². The number of amides is 3. The van der Waals surface area contributed by atoms with Crippen molar-refractivity contribution in [2.24, 2.45) is 0 Å². The van der Waals surface area contributed by atoms with Gasteiger partial charge in [-0.2, -0.15) is 0 Å². The number of likely N-dealkylation sites (tertiary alicyclic amines) is 2. The van der Waals surface area contributed by atoms with E-state index in [0.29, 0.717) is 24.4 Å². The summed E-state index contributed by atoms with van der Waals surface area (Å²) in [6, 6.07) is 15.1. The number of carbonyl (C=O) groups excluding carboxylic acids is 5. The summed E-state index contributed by atoms with van der Waals surface area (Å²) >= 11 is 0. The molecule has 0 bridgehead atoms. The number of nitrogens with one attached hydrogen (secondary N) is 2. The zero-order valence-corrected chi connectivity index (χ0v) is 33.4. The highest BCUT2D eigenvalue weighted by Crippen LogP contribution is 2.34. The van der Waals surface area contributed by atoms with Gasteiger partial charge in [-0.05, 0) is 108 Å². The van der Waals surface area contributed by atoms with Crippen LogP contribution in [0.1, 0.15) is 89.5 Å². The molecule has 12 heteroatoms. The summed E-state index contributed by atoms with van der Waals surface area (Å²) in [5.41, 5.74) is 5.21. The van der Waals surface area contributed by atoms with Crippen molar-refractivity contribution in [3.63, 3.8) is 0 Å². The molecular weight excluding hydrogens is 683 g/mol. The lowest BCUT2D eigenvalue weighted by molar-refractivity contribution is -0.134. The van der Waals surface area contributed by atoms with Crippen molar-refractivity contribution in [2.45, 2.75) is 96.1 Å². The third-order valence-corrected chi connectivity index (χ3v) is 11.0. The highest BCUT2D eigenvalue weighted by atomic mass is 16.2. The number of rotatable bonds is 13. The zero-order valence-electron chi connectivity index (χ0n) is 33.4. The molecule has 4 saturated heterocycles. The quantitative estimate of drug-likeness (QED) is 0.158. The van der Waals surface area contributed by atoms with Gasteiger partial charge in [-0.3, -0.25) is 19.7 Å². The van der Waals surface area contributed by atoms with Crippen LogP contribution >= 0.6 is 0 Å². The minimum absolute atomic E-state index is 0.221. The number of nitrogens with zero attached hydrogens (tertiary/aromatic N) is 5. The Hall–Kier alpha value is -4.29. The molecule has 4 aliphatic heterocycles. The second-order valence-corrected chi connectivity index (χ2v) is 14.3. The minimum atomic E-state index is -0.697. The van der Waals surface area contributed by atoms with Crippen molar-refractivity contribution in [1.82, 2.24) is 15.1 Å². The molecule has 2 aromatic rings. The number of piperidine rings is 1. The first-order valence-corrected chi connectivity index (χ1v) is 19.9. The summed E-state index contributed by atoms with van der Waals surface area (Å²) in [7, 11) is 6.23. The van der Waals surface area contributed by atoms with Gasteiger partial charge >= 0.3 is 0 Å². The molecule has 54 heavy (non-hydrogen) atoms. The number of hydrogen-bond acceptors (Lipinski definition) is 10. The third-order valence-electron chi connectivity index (χ3n) is 11.0. The highest BCUT2D eigenvalue weighted by Gasteiger charge is 2.33. The smallest absolute Gasteiger partial charge is 0.249 e. The lowest BCUT2D eigenvalue weighted by Crippen LogP contribution is -2.52. The molecule has 0 aliphatic carbocycles. The van der Waals surface area contributed by atoms with E-state index < -0.39 is 11.9 Å². The van der Waals surface area contributed by atoms with E-state index in [1.54, 1.807) is 0 Å². The van der Waals surface area contributed by atoms with Gasteiger partial charge in [-0.1, -0.05) is 38.8 Å². The molecule has 4 fully saturated rings. The number of benzene rings is 2. The molecule has 298 valence electrons. The number of likely N-dealkylation sites (N-methyl/N-ethyl adjacent to an activating group) is 1. The Kier molecular flexibility index (Phi) is 19.2. The maximum atomic E-state index is 12.4. The molecule has 0 saturated carbocycles. The number of carbonyl (C=O) groups is 5. The van der Waals surface area contributed by atoms with Gasteiger partial charge in [0.1, 0.15) is 19.1 Å². The fraction of sp³-hybridized carbons (Fsp3) is 0.595. The summed E-state index contributed by atoms with van der Waals surface area (Å²) in [6.45, 7) is 13.2. The molecule has 3 atom stereocenters. The van der Waals surface area contributed by atoms with E-state index in [0.717, 1.165) is 69.3 Å². The lowest BCUT2D eigenvalue weighted by Gasteiger charge is -2.38. The van der Waals surface area contributed by atoms with Gasteiger partial charge in [-0.25, -0.2) is 0 Å². The Balaban J connectivity index is 0.000000387. The van der Waals surface area contributed by atoms with E-state index in [1.165, 1.54) is 67.8 Å². The fourth-order valence-corrected chi connectivity index (χ4v) is 7.93. The summed E-state index contributed by atoms with van der Waals surface area (Å²) in [5.74, 6) is -0.112. The number of hydrogen-bond donors (Lipinski definition) is 2. The van der Waals surface area contributed by atoms with Gasteiger partial charge < -0.3 is 39.4 Å². The van der Waals surface area contributed by atoms with Crippen LogP contribution in [0.2, 0.25) is 0 Å². The van der Waals surface area contributed by atoms with E-state index in [1.807, 2.05) is 45.9 Å². The molecule has 2 aromatic carbocycles. The molecule has 2 unspecified atom stereocenters. The van der Waals surface area contributed by atoms with E-state index in [2.05, 4.69) is 68.6 Å². The largest absolute Gasteiger partial charge is 0.386 e. The molecule has 3 amide bonds. The topological polar surface area (TPSA) is 126 Å². The number of unbranched alkanes of at least 4 members (excludes halogenated alkanes) is 3. The fourth-order valence-electron chi connectivity index (χ4n) is 7.93. The first kappa shape index (κ1) is 44.1. The summed E-state index contributed by atoms with van der Waals surface area (Å²) in [6.07, 6.45) is 11.9. The molecule has 0 aromatic heterocycles. The maximum absolute atomic E-state index is 12.4. The third kappa shape index (κ3) is 12.4. The van der Waals surface area contributed by atoms with Crippen molar-refractivity contribution in [3.8, 4) is 0 Å². The van der Waals surface area contributed by atoms with Crippen molar-refractivity contribution >= 4 is 54.0 Å². The molecule has 0 spiro atoms. The zero-order chi connectivity index (χ0) is 39.5. The predicted molar refractivity (Wildman–Crippen MR) is 220 cm³/mol. The van der Waals surface area contributed by atoms with Gasteiger partial charge in [0.15, 0.2) is 0 Å². The molecular formula is C42H65N7O5. The summed E-state index contributed by atoms with van der Waals surface area (Å²) in [4.78, 5) is 65.1. The average molecular weight is 748 g/mol. The van der Waals surface area contributed by atoms with Gasteiger partial charge in [0, 0.05) is 70.0 Å². The van der Waals surface area contributed by atoms with Crippen LogP contribution < -0.4 is 25.3 Å². The Morgan fingerprint density at radius 1 is 0.870 bits per heavy atom. The highest BCUT2D eigenvalue weighted by molar-refractivity contribution is 6.04. The number of imide groups is 1. The second kappa shape index (κ2) is 23.5. The first-order valence-electron chi connectivity index (χ1n) is 19.9. The van der Waals surface area contributed by atoms with E-state index in [9.17, 15) is 19.2 Å². The number of piperazine rings is 1. The van der Waals surface area contributed by atoms with E-state index in [4.69, 9.17) is 4.79 Å². The maximum Gasteiger partial charge on any atom is 0.249 e. The Morgan fingerprint density at radius 3 is 2.15 bits per heavy atom. The molecule has 0 radical (unpaired) electrons. The summed E-state index contributed by atoms with van der Waals surface area (Å²) < 4.78 is 0. The van der Waals surface area contributed by atoms with Gasteiger partial charge in [-0.15, -0.1) is 0 Å². The van der Waals surface area contributed by atoms with Crippen LogP contribution in [0.5, 0.6) is 0 Å². The minimum Gasteiger partial charge on any atom is -0.386 e. The van der Waals surface area contributed by atoms with Crippen LogP contribution in [-0.2, 0) is 24.0 Å².